The fourth-order valence-corrected chi connectivity index (χ4v) is 3.82. The van der Waals surface area contributed by atoms with E-state index in [4.69, 9.17) is 4.42 Å². The Kier molecular flexibility index (Phi) is 7.45. The molecule has 2 aromatic carbocycles. The van der Waals surface area contributed by atoms with E-state index in [0.717, 1.165) is 35.3 Å². The lowest BCUT2D eigenvalue weighted by molar-refractivity contribution is -0.121. The Hall–Kier alpha value is -3.15. The summed E-state index contributed by atoms with van der Waals surface area (Å²) in [6.07, 6.45) is 1.06. The third-order valence-corrected chi connectivity index (χ3v) is 5.63. The molecule has 31 heavy (non-hydrogen) atoms. The van der Waals surface area contributed by atoms with Gasteiger partial charge in [-0.2, -0.15) is 0 Å². The van der Waals surface area contributed by atoms with Crippen LogP contribution in [-0.4, -0.2) is 25.5 Å². The van der Waals surface area contributed by atoms with E-state index >= 15 is 0 Å². The maximum Gasteiger partial charge on any atom is 0.339 e. The largest absolute Gasteiger partial charge is 0.422 e. The number of nitrogens with zero attached hydrogens (tertiary/aromatic N) is 1. The van der Waals surface area contributed by atoms with Crippen LogP contribution >= 0.6 is 0 Å². The molecule has 1 amide bonds. The first-order valence-corrected chi connectivity index (χ1v) is 10.7. The number of benzene rings is 2. The van der Waals surface area contributed by atoms with Crippen molar-refractivity contribution in [2.45, 2.75) is 40.0 Å². The molecule has 164 valence electrons. The maximum absolute atomic E-state index is 13.2. The average molecular weight is 425 g/mol. The summed E-state index contributed by atoms with van der Waals surface area (Å²) in [5.41, 5.74) is 3.40. The standard InChI is InChI=1S/C25H29FN2O3/c1-4-28(5-2)20-9-10-21-17(3)22(25(30)31-23(21)16-20)11-12-24(29)27-14-13-18-7-6-8-19(26)15-18/h6-10,15-16H,4-5,11-14H2,1-3H3,(H,27,29). The molecule has 1 aromatic heterocycles. The molecule has 6 heteroatoms. The highest BCUT2D eigenvalue weighted by Crippen LogP contribution is 2.25. The lowest BCUT2D eigenvalue weighted by Gasteiger charge is -2.21. The predicted molar refractivity (Wildman–Crippen MR) is 122 cm³/mol. The van der Waals surface area contributed by atoms with Crippen molar-refractivity contribution in [1.29, 1.82) is 0 Å². The van der Waals surface area contributed by atoms with Crippen LogP contribution in [-0.2, 0) is 17.6 Å². The van der Waals surface area contributed by atoms with E-state index in [1.165, 1.54) is 12.1 Å². The summed E-state index contributed by atoms with van der Waals surface area (Å²) in [6.45, 7) is 8.23. The van der Waals surface area contributed by atoms with Crippen LogP contribution in [0, 0.1) is 12.7 Å². The Morgan fingerprint density at radius 3 is 2.58 bits per heavy atom. The van der Waals surface area contributed by atoms with E-state index in [0.29, 0.717) is 30.5 Å². The number of nitrogens with one attached hydrogen (secondary N) is 1. The molecular weight excluding hydrogens is 395 g/mol. The van der Waals surface area contributed by atoms with Gasteiger partial charge in [0, 0.05) is 48.8 Å². The van der Waals surface area contributed by atoms with E-state index < -0.39 is 5.63 Å². The molecule has 1 heterocycles. The lowest BCUT2D eigenvalue weighted by Crippen LogP contribution is -2.26. The molecule has 3 aromatic rings. The van der Waals surface area contributed by atoms with Crippen molar-refractivity contribution < 1.29 is 13.6 Å². The number of aryl methyl sites for hydroxylation is 1. The van der Waals surface area contributed by atoms with E-state index in [-0.39, 0.29) is 18.1 Å². The van der Waals surface area contributed by atoms with Gasteiger partial charge in [0.25, 0.3) is 0 Å². The van der Waals surface area contributed by atoms with Crippen molar-refractivity contribution in [3.8, 4) is 0 Å². The van der Waals surface area contributed by atoms with Gasteiger partial charge in [-0.05, 0) is 69.0 Å². The van der Waals surface area contributed by atoms with E-state index in [1.807, 2.05) is 31.2 Å². The number of halogens is 1. The molecule has 0 atom stereocenters. The summed E-state index contributed by atoms with van der Waals surface area (Å²) in [5, 5.41) is 3.72. The van der Waals surface area contributed by atoms with Gasteiger partial charge in [0.05, 0.1) is 0 Å². The van der Waals surface area contributed by atoms with Crippen molar-refractivity contribution in [2.75, 3.05) is 24.5 Å². The Morgan fingerprint density at radius 2 is 1.87 bits per heavy atom. The number of carbonyl (C=O) groups excluding carboxylic acids is 1. The van der Waals surface area contributed by atoms with Gasteiger partial charge in [-0.15, -0.1) is 0 Å². The normalized spacial score (nSPS) is 11.0. The van der Waals surface area contributed by atoms with Gasteiger partial charge in [0.2, 0.25) is 5.91 Å². The Balaban J connectivity index is 1.65. The highest BCUT2D eigenvalue weighted by molar-refractivity contribution is 5.84. The predicted octanol–water partition coefficient (Wildman–Crippen LogP) is 4.38. The molecule has 0 unspecified atom stereocenters. The molecule has 0 saturated carbocycles. The lowest BCUT2D eigenvalue weighted by atomic mass is 10.0. The molecule has 0 fully saturated rings. The number of anilines is 1. The van der Waals surface area contributed by atoms with Crippen molar-refractivity contribution >= 4 is 22.6 Å². The number of hydrogen-bond acceptors (Lipinski definition) is 4. The fourth-order valence-electron chi connectivity index (χ4n) is 3.82. The maximum atomic E-state index is 13.2. The third-order valence-electron chi connectivity index (χ3n) is 5.63. The van der Waals surface area contributed by atoms with Gasteiger partial charge < -0.3 is 14.6 Å². The zero-order chi connectivity index (χ0) is 22.4. The molecule has 0 aliphatic heterocycles. The van der Waals surface area contributed by atoms with Gasteiger partial charge in [0.1, 0.15) is 11.4 Å². The van der Waals surface area contributed by atoms with Crippen LogP contribution in [0.1, 0.15) is 37.0 Å². The average Bonchev–Trinajstić information content (AvgIpc) is 2.74. The molecule has 5 nitrogen and oxygen atoms in total. The first kappa shape index (κ1) is 22.5. The Morgan fingerprint density at radius 1 is 1.10 bits per heavy atom. The number of fused-ring (bicyclic) bond motifs is 1. The SMILES string of the molecule is CCN(CC)c1ccc2c(C)c(CCC(=O)NCCc3cccc(F)c3)c(=O)oc2c1. The van der Waals surface area contributed by atoms with E-state index in [1.54, 1.807) is 6.07 Å². The minimum atomic E-state index is -0.394. The van der Waals surface area contributed by atoms with Crippen molar-refractivity contribution in [1.82, 2.24) is 5.32 Å². The molecule has 0 spiro atoms. The van der Waals surface area contributed by atoms with Crippen molar-refractivity contribution in [3.63, 3.8) is 0 Å². The quantitative estimate of drug-likeness (QED) is 0.518. The second kappa shape index (κ2) is 10.2. The zero-order valence-electron chi connectivity index (χ0n) is 18.3. The van der Waals surface area contributed by atoms with Gasteiger partial charge in [-0.25, -0.2) is 9.18 Å². The molecule has 0 aliphatic rings. The van der Waals surface area contributed by atoms with Gasteiger partial charge in [0.15, 0.2) is 0 Å². The van der Waals surface area contributed by atoms with E-state index in [2.05, 4.69) is 24.1 Å². The minimum absolute atomic E-state index is 0.146. The van der Waals surface area contributed by atoms with Gasteiger partial charge >= 0.3 is 5.63 Å². The highest BCUT2D eigenvalue weighted by Gasteiger charge is 2.14. The van der Waals surface area contributed by atoms with Crippen LogP contribution in [0.25, 0.3) is 11.0 Å². The summed E-state index contributed by atoms with van der Waals surface area (Å²) < 4.78 is 18.8. The third kappa shape index (κ3) is 5.51. The Bertz CT molecular complexity index is 1120. The molecule has 3 rings (SSSR count). The Labute approximate surface area is 181 Å². The number of hydrogen-bond donors (Lipinski definition) is 1. The van der Waals surface area contributed by atoms with Crippen molar-refractivity contribution in [3.05, 3.63) is 75.4 Å². The van der Waals surface area contributed by atoms with Crippen LogP contribution in [0.5, 0.6) is 0 Å². The second-order valence-corrected chi connectivity index (χ2v) is 7.58. The van der Waals surface area contributed by atoms with Crippen molar-refractivity contribution in [2.24, 2.45) is 0 Å². The van der Waals surface area contributed by atoms with Crippen LogP contribution in [0.4, 0.5) is 10.1 Å². The first-order valence-electron chi connectivity index (χ1n) is 10.7. The van der Waals surface area contributed by atoms with Gasteiger partial charge in [-0.3, -0.25) is 4.79 Å². The van der Waals surface area contributed by atoms with E-state index in [9.17, 15) is 14.0 Å². The van der Waals surface area contributed by atoms with Crippen LogP contribution < -0.4 is 15.8 Å². The second-order valence-electron chi connectivity index (χ2n) is 7.58. The summed E-state index contributed by atoms with van der Waals surface area (Å²) in [7, 11) is 0. The fraction of sp³-hybridized carbons (Fsp3) is 0.360. The summed E-state index contributed by atoms with van der Waals surface area (Å²) in [6, 6.07) is 12.2. The minimum Gasteiger partial charge on any atom is -0.422 e. The highest BCUT2D eigenvalue weighted by atomic mass is 19.1. The topological polar surface area (TPSA) is 62.6 Å². The molecule has 1 N–H and O–H groups in total. The van der Waals surface area contributed by atoms with Crippen LogP contribution in [0.3, 0.4) is 0 Å². The van der Waals surface area contributed by atoms with Gasteiger partial charge in [-0.1, -0.05) is 12.1 Å². The number of carbonyl (C=O) groups is 1. The zero-order valence-corrected chi connectivity index (χ0v) is 18.3. The molecule has 0 aliphatic carbocycles. The molecule has 0 radical (unpaired) electrons. The van der Waals surface area contributed by atoms with Crippen LogP contribution in [0.2, 0.25) is 0 Å². The summed E-state index contributed by atoms with van der Waals surface area (Å²) in [5.74, 6) is -0.432. The summed E-state index contributed by atoms with van der Waals surface area (Å²) >= 11 is 0. The monoisotopic (exact) mass is 424 g/mol. The number of amides is 1. The number of rotatable bonds is 9. The first-order chi connectivity index (χ1) is 14.9. The van der Waals surface area contributed by atoms with Crippen LogP contribution in [0.15, 0.2) is 51.7 Å². The molecule has 0 bridgehead atoms. The summed E-state index contributed by atoms with van der Waals surface area (Å²) in [4.78, 5) is 27.0. The smallest absolute Gasteiger partial charge is 0.339 e. The molecule has 0 saturated heterocycles. The molecular formula is C25H29FN2O3.